The van der Waals surface area contributed by atoms with Gasteiger partial charge in [0.15, 0.2) is 5.96 Å². The molecule has 1 atom stereocenters. The van der Waals surface area contributed by atoms with Gasteiger partial charge in [0, 0.05) is 44.0 Å². The highest BCUT2D eigenvalue weighted by Crippen LogP contribution is 2.19. The Hall–Kier alpha value is -1.02. The van der Waals surface area contributed by atoms with E-state index < -0.39 is 0 Å². The molecule has 1 saturated heterocycles. The number of halogens is 1. The summed E-state index contributed by atoms with van der Waals surface area (Å²) in [7, 11) is 6.04. The van der Waals surface area contributed by atoms with E-state index in [4.69, 9.17) is 0 Å². The Balaban J connectivity index is 0.00000288. The first-order valence-corrected chi connectivity index (χ1v) is 8.37. The summed E-state index contributed by atoms with van der Waals surface area (Å²) in [6, 6.07) is 11.0. The first-order valence-electron chi connectivity index (χ1n) is 8.37. The Morgan fingerprint density at radius 2 is 1.96 bits per heavy atom. The minimum Gasteiger partial charge on any atom is -0.369 e. The highest BCUT2D eigenvalue weighted by molar-refractivity contribution is 14.0. The van der Waals surface area contributed by atoms with Crippen molar-refractivity contribution >= 4 is 35.6 Å². The third-order valence-corrected chi connectivity index (χ3v) is 4.77. The first-order chi connectivity index (χ1) is 10.9. The van der Waals surface area contributed by atoms with Gasteiger partial charge in [0.1, 0.15) is 0 Å². The van der Waals surface area contributed by atoms with Crippen LogP contribution in [0.2, 0.25) is 0 Å². The topological polar surface area (TPSA) is 42.9 Å². The number of aliphatic imine (C=N–C) groups is 1. The highest BCUT2D eigenvalue weighted by atomic mass is 127. The molecular formula is C18H32IN5. The van der Waals surface area contributed by atoms with Gasteiger partial charge in [-0.05, 0) is 46.5 Å². The molecule has 1 aromatic carbocycles. The van der Waals surface area contributed by atoms with Gasteiger partial charge < -0.3 is 20.4 Å². The minimum atomic E-state index is 0. The molecule has 2 rings (SSSR count). The van der Waals surface area contributed by atoms with Gasteiger partial charge in [0.2, 0.25) is 0 Å². The molecule has 0 aliphatic carbocycles. The summed E-state index contributed by atoms with van der Waals surface area (Å²) in [5.41, 5.74) is 1.39. The van der Waals surface area contributed by atoms with Crippen molar-refractivity contribution in [1.82, 2.24) is 15.5 Å². The molecule has 0 saturated carbocycles. The second-order valence-corrected chi connectivity index (χ2v) is 7.04. The molecule has 136 valence electrons. The number of guanidine groups is 1. The average molecular weight is 445 g/mol. The van der Waals surface area contributed by atoms with Gasteiger partial charge in [-0.1, -0.05) is 18.2 Å². The fourth-order valence-corrected chi connectivity index (χ4v) is 2.60. The van der Waals surface area contributed by atoms with Crippen molar-refractivity contribution in [1.29, 1.82) is 0 Å². The molecule has 1 fully saturated rings. The van der Waals surface area contributed by atoms with Gasteiger partial charge in [-0.3, -0.25) is 4.99 Å². The Morgan fingerprint density at radius 1 is 1.29 bits per heavy atom. The van der Waals surface area contributed by atoms with E-state index in [2.05, 4.69) is 83.7 Å². The lowest BCUT2D eigenvalue weighted by atomic mass is 10.0. The zero-order valence-electron chi connectivity index (χ0n) is 15.5. The number of hydrogen-bond donors (Lipinski definition) is 2. The number of hydrogen-bond acceptors (Lipinski definition) is 3. The third kappa shape index (κ3) is 5.81. The molecule has 6 heteroatoms. The van der Waals surface area contributed by atoms with Gasteiger partial charge in [-0.2, -0.15) is 0 Å². The van der Waals surface area contributed by atoms with E-state index in [1.54, 1.807) is 0 Å². The van der Waals surface area contributed by atoms with Crippen molar-refractivity contribution in [2.24, 2.45) is 4.99 Å². The van der Waals surface area contributed by atoms with E-state index in [-0.39, 0.29) is 29.5 Å². The predicted octanol–water partition coefficient (Wildman–Crippen LogP) is 2.39. The lowest BCUT2D eigenvalue weighted by Crippen LogP contribution is -2.52. The standard InChI is InChI=1S/C18H31N5.HI/c1-18(2,22(4)5)14-20-17(19-3)21-15-11-12-23(13-15)16-9-7-6-8-10-16;/h6-10,15H,11-14H2,1-5H3,(H2,19,20,21);1H. The quantitative estimate of drug-likeness (QED) is 0.415. The fourth-order valence-electron chi connectivity index (χ4n) is 2.60. The van der Waals surface area contributed by atoms with Crippen LogP contribution < -0.4 is 15.5 Å². The average Bonchev–Trinajstić information content (AvgIpc) is 3.00. The van der Waals surface area contributed by atoms with Crippen LogP contribution in [0.5, 0.6) is 0 Å². The van der Waals surface area contributed by atoms with Gasteiger partial charge in [0.25, 0.3) is 0 Å². The van der Waals surface area contributed by atoms with Crippen molar-refractivity contribution in [3.8, 4) is 0 Å². The summed E-state index contributed by atoms with van der Waals surface area (Å²) in [6.07, 6.45) is 1.13. The van der Waals surface area contributed by atoms with Gasteiger partial charge >= 0.3 is 0 Å². The Labute approximate surface area is 163 Å². The van der Waals surface area contributed by atoms with Crippen LogP contribution in [0.3, 0.4) is 0 Å². The zero-order chi connectivity index (χ0) is 16.9. The molecule has 1 heterocycles. The zero-order valence-corrected chi connectivity index (χ0v) is 17.9. The Morgan fingerprint density at radius 3 is 2.54 bits per heavy atom. The van der Waals surface area contributed by atoms with Crippen LogP contribution in [0, 0.1) is 0 Å². The number of nitrogens with zero attached hydrogens (tertiary/aromatic N) is 3. The SMILES string of the molecule is CN=C(NCC(C)(C)N(C)C)NC1CCN(c2ccccc2)C1.I. The maximum absolute atomic E-state index is 4.37. The minimum absolute atomic E-state index is 0. The first kappa shape index (κ1) is 21.0. The summed E-state index contributed by atoms with van der Waals surface area (Å²) in [4.78, 5) is 9.02. The van der Waals surface area contributed by atoms with Crippen molar-refractivity contribution in [2.75, 3.05) is 45.7 Å². The van der Waals surface area contributed by atoms with Crippen molar-refractivity contribution in [3.05, 3.63) is 30.3 Å². The van der Waals surface area contributed by atoms with Crippen LogP contribution in [0.1, 0.15) is 20.3 Å². The number of benzene rings is 1. The van der Waals surface area contributed by atoms with E-state index in [1.807, 2.05) is 7.05 Å². The molecule has 2 N–H and O–H groups in total. The fraction of sp³-hybridized carbons (Fsp3) is 0.611. The number of likely N-dealkylation sites (N-methyl/N-ethyl adjacent to an activating group) is 1. The normalized spacial score (nSPS) is 18.5. The van der Waals surface area contributed by atoms with E-state index in [0.29, 0.717) is 6.04 Å². The largest absolute Gasteiger partial charge is 0.369 e. The maximum Gasteiger partial charge on any atom is 0.191 e. The summed E-state index contributed by atoms with van der Waals surface area (Å²) >= 11 is 0. The molecular weight excluding hydrogens is 413 g/mol. The van der Waals surface area contributed by atoms with Gasteiger partial charge in [-0.15, -0.1) is 24.0 Å². The predicted molar refractivity (Wildman–Crippen MR) is 115 cm³/mol. The molecule has 24 heavy (non-hydrogen) atoms. The summed E-state index contributed by atoms with van der Waals surface area (Å²) in [6.45, 7) is 7.40. The van der Waals surface area contributed by atoms with Crippen molar-refractivity contribution < 1.29 is 0 Å². The number of nitrogens with one attached hydrogen (secondary N) is 2. The molecule has 0 amide bonds. The molecule has 1 aliphatic rings. The van der Waals surface area contributed by atoms with Crippen molar-refractivity contribution in [2.45, 2.75) is 31.8 Å². The molecule has 0 aromatic heterocycles. The molecule has 1 aliphatic heterocycles. The maximum atomic E-state index is 4.37. The van der Waals surface area contributed by atoms with E-state index in [1.165, 1.54) is 5.69 Å². The summed E-state index contributed by atoms with van der Waals surface area (Å²) in [5, 5.41) is 7.01. The summed E-state index contributed by atoms with van der Waals surface area (Å²) < 4.78 is 0. The van der Waals surface area contributed by atoms with E-state index in [9.17, 15) is 0 Å². The second kappa shape index (κ2) is 9.46. The van der Waals surface area contributed by atoms with E-state index in [0.717, 1.165) is 32.0 Å². The third-order valence-electron chi connectivity index (χ3n) is 4.77. The van der Waals surface area contributed by atoms with Crippen LogP contribution in [0.25, 0.3) is 0 Å². The summed E-state index contributed by atoms with van der Waals surface area (Å²) in [5.74, 6) is 0.889. The van der Waals surface area contributed by atoms with Crippen LogP contribution >= 0.6 is 24.0 Å². The van der Waals surface area contributed by atoms with Crippen LogP contribution in [-0.4, -0.2) is 63.2 Å². The lowest BCUT2D eigenvalue weighted by Gasteiger charge is -2.33. The van der Waals surface area contributed by atoms with Crippen LogP contribution in [0.4, 0.5) is 5.69 Å². The Bertz CT molecular complexity index is 515. The van der Waals surface area contributed by atoms with Gasteiger partial charge in [-0.25, -0.2) is 0 Å². The highest BCUT2D eigenvalue weighted by Gasteiger charge is 2.25. The number of rotatable bonds is 5. The van der Waals surface area contributed by atoms with Crippen molar-refractivity contribution in [3.63, 3.8) is 0 Å². The molecule has 1 unspecified atom stereocenters. The molecule has 0 spiro atoms. The van der Waals surface area contributed by atoms with Gasteiger partial charge in [0.05, 0.1) is 0 Å². The molecule has 0 bridgehead atoms. The molecule has 5 nitrogen and oxygen atoms in total. The lowest BCUT2D eigenvalue weighted by molar-refractivity contribution is 0.197. The smallest absolute Gasteiger partial charge is 0.191 e. The molecule has 1 aromatic rings. The Kier molecular flexibility index (Phi) is 8.29. The second-order valence-electron chi connectivity index (χ2n) is 7.04. The number of anilines is 1. The van der Waals surface area contributed by atoms with E-state index >= 15 is 0 Å². The monoisotopic (exact) mass is 445 g/mol. The van der Waals surface area contributed by atoms with Crippen LogP contribution in [-0.2, 0) is 0 Å². The number of para-hydroxylation sites is 1. The van der Waals surface area contributed by atoms with Crippen LogP contribution in [0.15, 0.2) is 35.3 Å². The molecule has 0 radical (unpaired) electrons.